The molecule has 3 heteroatoms. The minimum Gasteiger partial charge on any atom is -0.391 e. The van der Waals surface area contributed by atoms with Gasteiger partial charge in [-0.25, -0.2) is 0 Å². The molecule has 2 atom stereocenters. The van der Waals surface area contributed by atoms with E-state index in [0.717, 1.165) is 5.04 Å². The molecule has 0 spiro atoms. The predicted octanol–water partition coefficient (Wildman–Crippen LogP) is 2.00. The van der Waals surface area contributed by atoms with E-state index in [4.69, 9.17) is 4.84 Å². The first-order valence-corrected chi connectivity index (χ1v) is 4.61. The van der Waals surface area contributed by atoms with E-state index in [1.54, 1.807) is 0 Å². The maximum Gasteiger partial charge on any atom is 0.139 e. The molecule has 0 radical (unpaired) electrons. The van der Waals surface area contributed by atoms with Gasteiger partial charge < -0.3 is 4.84 Å². The van der Waals surface area contributed by atoms with E-state index in [1.807, 2.05) is 18.7 Å². The van der Waals surface area contributed by atoms with Crippen LogP contribution in [0.15, 0.2) is 5.16 Å². The predicted molar refractivity (Wildman–Crippen MR) is 43.2 cm³/mol. The van der Waals surface area contributed by atoms with Crippen LogP contribution in [0.4, 0.5) is 0 Å². The monoisotopic (exact) mass is 157 g/mol. The van der Waals surface area contributed by atoms with Gasteiger partial charge >= 0.3 is 0 Å². The summed E-state index contributed by atoms with van der Waals surface area (Å²) in [6.07, 6.45) is 4.25. The molecule has 1 aliphatic carbocycles. The van der Waals surface area contributed by atoms with Gasteiger partial charge in [0, 0.05) is 0 Å². The van der Waals surface area contributed by atoms with Crippen molar-refractivity contribution in [1.82, 2.24) is 0 Å². The topological polar surface area (TPSA) is 21.6 Å². The normalized spacial score (nSPS) is 38.3. The number of rotatable bonds is 0. The molecule has 0 aromatic carbocycles. The summed E-state index contributed by atoms with van der Waals surface area (Å²) in [6.45, 7) is 2.01. The van der Waals surface area contributed by atoms with Crippen molar-refractivity contribution in [3.63, 3.8) is 0 Å². The maximum atomic E-state index is 5.28. The molecular formula is C7H11NOS. The van der Waals surface area contributed by atoms with Crippen molar-refractivity contribution in [1.29, 1.82) is 0 Å². The van der Waals surface area contributed by atoms with E-state index < -0.39 is 0 Å². The Balaban J connectivity index is 2.08. The highest BCUT2D eigenvalue weighted by Gasteiger charge is 2.32. The molecule has 1 saturated carbocycles. The van der Waals surface area contributed by atoms with Gasteiger partial charge in [0.15, 0.2) is 0 Å². The zero-order valence-corrected chi connectivity index (χ0v) is 6.86. The molecular weight excluding hydrogens is 146 g/mol. The fourth-order valence-corrected chi connectivity index (χ4v) is 2.68. The first-order chi connectivity index (χ1) is 4.86. The Kier molecular flexibility index (Phi) is 1.60. The first kappa shape index (κ1) is 6.53. The van der Waals surface area contributed by atoms with Crippen molar-refractivity contribution in [2.24, 2.45) is 5.16 Å². The molecule has 0 saturated heterocycles. The standard InChI is InChI=1S/C7H11NOS/c1-5-8-9-6-3-2-4-7(6)10-5/h6-7H,2-4H2,1H3. The largest absolute Gasteiger partial charge is 0.391 e. The van der Waals surface area contributed by atoms with Crippen LogP contribution in [0, 0.1) is 0 Å². The molecule has 1 aliphatic heterocycles. The highest BCUT2D eigenvalue weighted by Crippen LogP contribution is 2.35. The molecule has 2 aliphatic rings. The molecule has 1 fully saturated rings. The maximum absolute atomic E-state index is 5.28. The molecule has 56 valence electrons. The van der Waals surface area contributed by atoms with Crippen molar-refractivity contribution in [3.05, 3.63) is 0 Å². The molecule has 1 heterocycles. The lowest BCUT2D eigenvalue weighted by Gasteiger charge is -2.21. The second-order valence-corrected chi connectivity index (χ2v) is 4.27. The molecule has 10 heavy (non-hydrogen) atoms. The molecule has 0 bridgehead atoms. The Morgan fingerprint density at radius 1 is 1.60 bits per heavy atom. The Morgan fingerprint density at radius 2 is 2.50 bits per heavy atom. The van der Waals surface area contributed by atoms with Crippen LogP contribution >= 0.6 is 11.8 Å². The fourth-order valence-electron chi connectivity index (χ4n) is 1.53. The van der Waals surface area contributed by atoms with Crippen LogP contribution in [0.1, 0.15) is 26.2 Å². The molecule has 0 N–H and O–H groups in total. The summed E-state index contributed by atoms with van der Waals surface area (Å²) in [5.41, 5.74) is 0. The Morgan fingerprint density at radius 3 is 3.40 bits per heavy atom. The Labute approximate surface area is 65.0 Å². The summed E-state index contributed by atoms with van der Waals surface area (Å²) in [6, 6.07) is 0. The molecule has 2 nitrogen and oxygen atoms in total. The van der Waals surface area contributed by atoms with Crippen LogP contribution in [0.5, 0.6) is 0 Å². The van der Waals surface area contributed by atoms with Crippen molar-refractivity contribution in [2.45, 2.75) is 37.5 Å². The third-order valence-corrected chi connectivity index (χ3v) is 3.29. The van der Waals surface area contributed by atoms with Crippen molar-refractivity contribution in [3.8, 4) is 0 Å². The van der Waals surface area contributed by atoms with Crippen molar-refractivity contribution >= 4 is 16.8 Å². The molecule has 2 unspecified atom stereocenters. The summed E-state index contributed by atoms with van der Waals surface area (Å²) < 4.78 is 0. The zero-order valence-electron chi connectivity index (χ0n) is 6.04. The molecule has 0 amide bonds. The lowest BCUT2D eigenvalue weighted by molar-refractivity contribution is 0.0659. The molecule has 0 aromatic heterocycles. The zero-order chi connectivity index (χ0) is 6.97. The van der Waals surface area contributed by atoms with Crippen LogP contribution < -0.4 is 0 Å². The van der Waals surface area contributed by atoms with Gasteiger partial charge in [-0.05, 0) is 26.2 Å². The number of oxime groups is 1. The van der Waals surface area contributed by atoms with E-state index in [1.165, 1.54) is 19.3 Å². The SMILES string of the molecule is CC1=NOC2CCCC2S1. The minimum atomic E-state index is 0.425. The number of hydrogen-bond donors (Lipinski definition) is 0. The van der Waals surface area contributed by atoms with E-state index in [2.05, 4.69) is 5.16 Å². The second kappa shape index (κ2) is 2.46. The lowest BCUT2D eigenvalue weighted by atomic mass is 10.3. The highest BCUT2D eigenvalue weighted by atomic mass is 32.2. The smallest absolute Gasteiger partial charge is 0.139 e. The molecule has 0 aromatic rings. The average molecular weight is 157 g/mol. The van der Waals surface area contributed by atoms with Gasteiger partial charge in [0.2, 0.25) is 0 Å². The van der Waals surface area contributed by atoms with Gasteiger partial charge in [-0.1, -0.05) is 5.16 Å². The Bertz CT molecular complexity index is 169. The number of nitrogens with zero attached hydrogens (tertiary/aromatic N) is 1. The number of fused-ring (bicyclic) bond motifs is 1. The van der Waals surface area contributed by atoms with Gasteiger partial charge in [0.1, 0.15) is 11.1 Å². The third-order valence-electron chi connectivity index (χ3n) is 2.03. The van der Waals surface area contributed by atoms with E-state index in [9.17, 15) is 0 Å². The van der Waals surface area contributed by atoms with E-state index in [-0.39, 0.29) is 0 Å². The second-order valence-electron chi connectivity index (χ2n) is 2.84. The first-order valence-electron chi connectivity index (χ1n) is 3.73. The summed E-state index contributed by atoms with van der Waals surface area (Å²) in [4.78, 5) is 5.28. The summed E-state index contributed by atoms with van der Waals surface area (Å²) in [5.74, 6) is 0. The van der Waals surface area contributed by atoms with E-state index in [0.29, 0.717) is 11.4 Å². The van der Waals surface area contributed by atoms with Gasteiger partial charge in [0.05, 0.1) is 5.25 Å². The lowest BCUT2D eigenvalue weighted by Crippen LogP contribution is -2.23. The van der Waals surface area contributed by atoms with Crippen LogP contribution in [-0.2, 0) is 4.84 Å². The number of thioether (sulfide) groups is 1. The fraction of sp³-hybridized carbons (Fsp3) is 0.857. The quantitative estimate of drug-likeness (QED) is 0.536. The minimum absolute atomic E-state index is 0.425. The van der Waals surface area contributed by atoms with Gasteiger partial charge in [0.25, 0.3) is 0 Å². The summed E-state index contributed by atoms with van der Waals surface area (Å²) in [5, 5.41) is 5.74. The highest BCUT2D eigenvalue weighted by molar-refractivity contribution is 8.14. The average Bonchev–Trinajstić information content (AvgIpc) is 2.33. The number of hydrogen-bond acceptors (Lipinski definition) is 3. The van der Waals surface area contributed by atoms with Crippen LogP contribution in [0.3, 0.4) is 0 Å². The van der Waals surface area contributed by atoms with Crippen molar-refractivity contribution in [2.75, 3.05) is 0 Å². The van der Waals surface area contributed by atoms with Gasteiger partial charge in [-0.3, -0.25) is 0 Å². The molecule has 2 rings (SSSR count). The van der Waals surface area contributed by atoms with Crippen LogP contribution in [0.25, 0.3) is 0 Å². The van der Waals surface area contributed by atoms with Crippen molar-refractivity contribution < 1.29 is 4.84 Å². The van der Waals surface area contributed by atoms with E-state index >= 15 is 0 Å². The Hall–Kier alpha value is -0.180. The summed E-state index contributed by atoms with van der Waals surface area (Å²) in [7, 11) is 0. The van der Waals surface area contributed by atoms with Crippen LogP contribution in [0.2, 0.25) is 0 Å². The third kappa shape index (κ3) is 1.03. The van der Waals surface area contributed by atoms with Gasteiger partial charge in [-0.15, -0.1) is 11.8 Å². The van der Waals surface area contributed by atoms with Gasteiger partial charge in [-0.2, -0.15) is 0 Å². The summed E-state index contributed by atoms with van der Waals surface area (Å²) >= 11 is 1.88. The van der Waals surface area contributed by atoms with Crippen LogP contribution in [-0.4, -0.2) is 16.4 Å².